The molecule has 9 heteroatoms. The van der Waals surface area contributed by atoms with Crippen LogP contribution in [-0.4, -0.2) is 27.3 Å². The molecule has 0 aromatic carbocycles. The predicted octanol–water partition coefficient (Wildman–Crippen LogP) is -1.42. The summed E-state index contributed by atoms with van der Waals surface area (Å²) in [4.78, 5) is 17.4. The molecule has 0 aromatic heterocycles. The second-order valence-corrected chi connectivity index (χ2v) is 1.21. The smallest absolute Gasteiger partial charge is 0.300 e. The molecule has 0 bridgehead atoms. The summed E-state index contributed by atoms with van der Waals surface area (Å²) in [6.07, 6.45) is 0. The molecule has 0 unspecified atom stereocenters. The zero-order valence-corrected chi connectivity index (χ0v) is 6.22. The second kappa shape index (κ2) is 11.7. The van der Waals surface area contributed by atoms with Gasteiger partial charge in [0, 0.05) is 6.92 Å². The van der Waals surface area contributed by atoms with E-state index in [1.54, 1.807) is 0 Å². The first-order chi connectivity index (χ1) is 5.20. The van der Waals surface area contributed by atoms with E-state index < -0.39 is 11.1 Å². The predicted molar refractivity (Wildman–Crippen MR) is 38.2 cm³/mol. The lowest BCUT2D eigenvalue weighted by atomic mass is 10.9. The van der Waals surface area contributed by atoms with Gasteiger partial charge < -0.3 is 21.8 Å². The van der Waals surface area contributed by atoms with Crippen LogP contribution in [0.15, 0.2) is 0 Å². The Kier molecular flexibility index (Phi) is 16.1. The van der Waals surface area contributed by atoms with Crippen molar-refractivity contribution < 1.29 is 20.2 Å². The highest BCUT2D eigenvalue weighted by atomic mass is 16.9. The third-order valence-corrected chi connectivity index (χ3v) is 0. The molecule has 0 saturated heterocycles. The molecule has 0 atom stereocenters. The summed E-state index contributed by atoms with van der Waals surface area (Å²) < 4.78 is 0. The minimum Gasteiger partial charge on any atom is -0.481 e. The Morgan fingerprint density at radius 3 is 1.58 bits per heavy atom. The minimum atomic E-state index is -1.50. The van der Waals surface area contributed by atoms with E-state index in [0.717, 1.165) is 6.92 Å². The number of carbonyl (C=O) groups is 1. The number of rotatable bonds is 0. The van der Waals surface area contributed by atoms with Crippen LogP contribution in [0.1, 0.15) is 6.92 Å². The number of nitrogens with two attached hydrogens (primary N) is 2. The van der Waals surface area contributed by atoms with Crippen LogP contribution in [0.3, 0.4) is 0 Å². The number of hydrogen-bond acceptors (Lipinski definition) is 4. The van der Waals surface area contributed by atoms with Gasteiger partial charge in [-0.2, -0.15) is 0 Å². The summed E-state index contributed by atoms with van der Waals surface area (Å²) in [5.41, 5.74) is 8.94. The van der Waals surface area contributed by atoms with Crippen LogP contribution < -0.4 is 11.5 Å². The minimum absolute atomic E-state index is 0.333. The second-order valence-electron chi connectivity index (χ2n) is 1.21. The Labute approximate surface area is 67.2 Å². The Morgan fingerprint density at radius 1 is 1.58 bits per heavy atom. The van der Waals surface area contributed by atoms with Crippen molar-refractivity contribution in [3.8, 4) is 0 Å². The van der Waals surface area contributed by atoms with Crippen molar-refractivity contribution >= 4 is 11.9 Å². The zero-order chi connectivity index (χ0) is 10.7. The van der Waals surface area contributed by atoms with Crippen molar-refractivity contribution in [1.29, 1.82) is 5.41 Å². The van der Waals surface area contributed by atoms with Crippen LogP contribution in [0.25, 0.3) is 0 Å². The highest BCUT2D eigenvalue weighted by Gasteiger charge is 1.65. The quantitative estimate of drug-likeness (QED) is 0.132. The van der Waals surface area contributed by atoms with Gasteiger partial charge in [-0.25, -0.2) is 0 Å². The summed E-state index contributed by atoms with van der Waals surface area (Å²) in [7, 11) is 0. The lowest BCUT2D eigenvalue weighted by molar-refractivity contribution is -0.742. The van der Waals surface area contributed by atoms with Crippen LogP contribution in [0.5, 0.6) is 0 Å². The van der Waals surface area contributed by atoms with Crippen molar-refractivity contribution in [1.82, 2.24) is 0 Å². The summed E-state index contributed by atoms with van der Waals surface area (Å²) in [5, 5.41) is 27.1. The molecular formula is C3H10N4O5. The molecule has 0 aliphatic rings. The standard InChI is InChI=1S/C2H4O2.CH5N3.HNO3/c1-2(3)4;2*2-1(3)4/h1H3,(H,3,4);(H5,2,3,4);(H,2,3,4). The van der Waals surface area contributed by atoms with Crippen molar-refractivity contribution in [3.05, 3.63) is 10.1 Å². The van der Waals surface area contributed by atoms with E-state index in [4.69, 9.17) is 30.6 Å². The molecule has 0 radical (unpaired) electrons. The third-order valence-electron chi connectivity index (χ3n) is 0. The maximum atomic E-state index is 9.00. The molecule has 7 N–H and O–H groups in total. The van der Waals surface area contributed by atoms with Gasteiger partial charge in [-0.3, -0.25) is 10.2 Å². The lowest BCUT2D eigenvalue weighted by Gasteiger charge is -1.69. The molecule has 0 amide bonds. The van der Waals surface area contributed by atoms with Crippen LogP contribution >= 0.6 is 0 Å². The first kappa shape index (κ1) is 16.5. The molecule has 9 nitrogen and oxygen atoms in total. The Bertz CT molecular complexity index is 116. The zero-order valence-electron chi connectivity index (χ0n) is 6.22. The number of aliphatic carboxylic acids is 1. The summed E-state index contributed by atoms with van der Waals surface area (Å²) in [5.74, 6) is -1.17. The van der Waals surface area contributed by atoms with E-state index in [1.807, 2.05) is 0 Å². The van der Waals surface area contributed by atoms with E-state index in [9.17, 15) is 0 Å². The fraction of sp³-hybridized carbons (Fsp3) is 0.333. The van der Waals surface area contributed by atoms with Gasteiger partial charge in [0.15, 0.2) is 5.96 Å². The van der Waals surface area contributed by atoms with Gasteiger partial charge in [0.2, 0.25) is 0 Å². The van der Waals surface area contributed by atoms with Crippen LogP contribution in [0, 0.1) is 15.5 Å². The first-order valence-electron chi connectivity index (χ1n) is 2.32. The molecule has 0 aromatic rings. The fourth-order valence-corrected chi connectivity index (χ4v) is 0. The van der Waals surface area contributed by atoms with Crippen LogP contribution in [-0.2, 0) is 4.79 Å². The molecule has 0 aliphatic heterocycles. The van der Waals surface area contributed by atoms with E-state index in [-0.39, 0.29) is 5.96 Å². The van der Waals surface area contributed by atoms with E-state index in [2.05, 4.69) is 11.5 Å². The van der Waals surface area contributed by atoms with Gasteiger partial charge in [-0.05, 0) is 0 Å². The van der Waals surface area contributed by atoms with Gasteiger partial charge in [0.05, 0.1) is 0 Å². The number of carboxylic acid groups (broad SMARTS) is 1. The van der Waals surface area contributed by atoms with E-state index in [0.29, 0.717) is 0 Å². The Hall–Kier alpha value is -2.06. The molecule has 12 heavy (non-hydrogen) atoms. The van der Waals surface area contributed by atoms with Crippen LogP contribution in [0.4, 0.5) is 0 Å². The SMILES string of the molecule is CC(=O)O.N=C(N)N.O=[N+]([O-])O. The molecular weight excluding hydrogens is 172 g/mol. The van der Waals surface area contributed by atoms with Crippen molar-refractivity contribution in [2.45, 2.75) is 6.92 Å². The topological polar surface area (TPSA) is 177 Å². The molecule has 0 rings (SSSR count). The Morgan fingerprint density at radius 2 is 1.58 bits per heavy atom. The molecule has 72 valence electrons. The number of guanidine groups is 1. The summed E-state index contributed by atoms with van der Waals surface area (Å²) >= 11 is 0. The summed E-state index contributed by atoms with van der Waals surface area (Å²) in [6, 6.07) is 0. The average molecular weight is 182 g/mol. The number of nitrogens with zero attached hydrogens (tertiary/aromatic N) is 1. The highest BCUT2D eigenvalue weighted by Crippen LogP contribution is 1.42. The van der Waals surface area contributed by atoms with E-state index in [1.165, 1.54) is 0 Å². The maximum absolute atomic E-state index is 9.00. The normalized spacial score (nSPS) is 6.08. The van der Waals surface area contributed by atoms with Crippen molar-refractivity contribution in [2.24, 2.45) is 11.5 Å². The Balaban J connectivity index is -0.000000101. The largest absolute Gasteiger partial charge is 0.481 e. The van der Waals surface area contributed by atoms with Crippen molar-refractivity contribution in [2.75, 3.05) is 0 Å². The highest BCUT2D eigenvalue weighted by molar-refractivity contribution is 5.71. The van der Waals surface area contributed by atoms with Gasteiger partial charge in [-0.1, -0.05) is 0 Å². The maximum Gasteiger partial charge on any atom is 0.300 e. The fourth-order valence-electron chi connectivity index (χ4n) is 0. The van der Waals surface area contributed by atoms with Gasteiger partial charge >= 0.3 is 0 Å². The number of hydrogen-bond donors (Lipinski definition) is 5. The van der Waals surface area contributed by atoms with Gasteiger partial charge in [0.25, 0.3) is 11.1 Å². The number of carboxylic acids is 1. The summed E-state index contributed by atoms with van der Waals surface area (Å²) in [6.45, 7) is 1.08. The first-order valence-corrected chi connectivity index (χ1v) is 2.32. The molecule has 0 heterocycles. The van der Waals surface area contributed by atoms with Crippen molar-refractivity contribution in [3.63, 3.8) is 0 Å². The third kappa shape index (κ3) is 90.1. The van der Waals surface area contributed by atoms with Gasteiger partial charge in [-0.15, -0.1) is 10.1 Å². The lowest BCUT2D eigenvalue weighted by Crippen LogP contribution is -2.20. The number of nitrogens with one attached hydrogen (secondary N) is 1. The van der Waals surface area contributed by atoms with Crippen LogP contribution in [0.2, 0.25) is 0 Å². The molecule has 0 aliphatic carbocycles. The molecule has 0 spiro atoms. The molecule has 0 fully saturated rings. The monoisotopic (exact) mass is 182 g/mol. The average Bonchev–Trinajstić information content (AvgIpc) is 1.54. The molecule has 0 saturated carbocycles. The van der Waals surface area contributed by atoms with E-state index >= 15 is 0 Å². The van der Waals surface area contributed by atoms with Gasteiger partial charge in [0.1, 0.15) is 0 Å².